The maximum absolute atomic E-state index is 11.1. The molecule has 0 bridgehead atoms. The summed E-state index contributed by atoms with van der Waals surface area (Å²) in [5, 5.41) is 12.2. The van der Waals surface area contributed by atoms with Crippen LogP contribution in [0, 0.1) is 0 Å². The molecule has 0 aromatic heterocycles. The molecule has 1 aliphatic carbocycles. The van der Waals surface area contributed by atoms with Gasteiger partial charge in [0.05, 0.1) is 6.61 Å². The van der Waals surface area contributed by atoms with Crippen molar-refractivity contribution in [2.24, 2.45) is 0 Å². The van der Waals surface area contributed by atoms with E-state index in [1.54, 1.807) is 7.11 Å². The number of benzene rings is 1. The minimum atomic E-state index is -0.875. The van der Waals surface area contributed by atoms with E-state index in [0.29, 0.717) is 18.4 Å². The van der Waals surface area contributed by atoms with Gasteiger partial charge in [-0.05, 0) is 30.5 Å². The van der Waals surface area contributed by atoms with Crippen LogP contribution >= 0.6 is 0 Å². The molecule has 1 aliphatic rings. The Morgan fingerprint density at radius 1 is 1.53 bits per heavy atom. The van der Waals surface area contributed by atoms with Crippen molar-refractivity contribution in [1.29, 1.82) is 0 Å². The van der Waals surface area contributed by atoms with Crippen molar-refractivity contribution in [3.63, 3.8) is 0 Å². The minimum absolute atomic E-state index is 0.127. The van der Waals surface area contributed by atoms with Gasteiger partial charge in [-0.2, -0.15) is 0 Å². The summed E-state index contributed by atoms with van der Waals surface area (Å²) in [6.45, 7) is 0.641. The summed E-state index contributed by atoms with van der Waals surface area (Å²) in [4.78, 5) is 11.1. The fourth-order valence-electron chi connectivity index (χ4n) is 1.80. The first-order chi connectivity index (χ1) is 9.19. The first kappa shape index (κ1) is 13.8. The Morgan fingerprint density at radius 3 is 2.95 bits per heavy atom. The molecule has 104 valence electrons. The van der Waals surface area contributed by atoms with Gasteiger partial charge in [0.2, 0.25) is 0 Å². The van der Waals surface area contributed by atoms with E-state index in [4.69, 9.17) is 14.6 Å². The maximum atomic E-state index is 11.1. The van der Waals surface area contributed by atoms with Crippen LogP contribution in [-0.4, -0.2) is 36.9 Å². The van der Waals surface area contributed by atoms with Crippen LogP contribution in [0.3, 0.4) is 0 Å². The zero-order chi connectivity index (χ0) is 13.7. The van der Waals surface area contributed by atoms with E-state index in [1.165, 1.54) is 0 Å². The zero-order valence-electron chi connectivity index (χ0n) is 11.0. The van der Waals surface area contributed by atoms with Gasteiger partial charge in [-0.1, -0.05) is 12.1 Å². The summed E-state index contributed by atoms with van der Waals surface area (Å²) >= 11 is 0. The van der Waals surface area contributed by atoms with E-state index in [1.807, 2.05) is 24.3 Å². The molecule has 1 fully saturated rings. The predicted molar refractivity (Wildman–Crippen MR) is 70.2 cm³/mol. The van der Waals surface area contributed by atoms with Gasteiger partial charge in [-0.3, -0.25) is 10.1 Å². The lowest BCUT2D eigenvalue weighted by molar-refractivity contribution is -0.140. The highest BCUT2D eigenvalue weighted by atomic mass is 16.5. The second-order valence-electron chi connectivity index (χ2n) is 4.72. The zero-order valence-corrected chi connectivity index (χ0v) is 11.0. The summed E-state index contributed by atoms with van der Waals surface area (Å²) in [6, 6.07) is 7.17. The third kappa shape index (κ3) is 4.54. The molecule has 0 aliphatic heterocycles. The first-order valence-electron chi connectivity index (χ1n) is 6.38. The lowest BCUT2D eigenvalue weighted by atomic mass is 10.2. The minimum Gasteiger partial charge on any atom is -0.491 e. The highest BCUT2D eigenvalue weighted by molar-refractivity contribution is 5.73. The summed E-state index contributed by atoms with van der Waals surface area (Å²) in [6.07, 6.45) is 2.10. The van der Waals surface area contributed by atoms with E-state index < -0.39 is 12.0 Å². The number of carbonyl (C=O) groups is 1. The van der Waals surface area contributed by atoms with Crippen LogP contribution in [0.5, 0.6) is 5.75 Å². The Balaban J connectivity index is 1.88. The van der Waals surface area contributed by atoms with E-state index in [-0.39, 0.29) is 6.61 Å². The number of carboxylic acid groups (broad SMARTS) is 1. The number of methoxy groups -OCH3 is 1. The molecule has 1 unspecified atom stereocenters. The lowest BCUT2D eigenvalue weighted by Crippen LogP contribution is -2.42. The average Bonchev–Trinajstić information content (AvgIpc) is 3.19. The van der Waals surface area contributed by atoms with Gasteiger partial charge in [0.25, 0.3) is 0 Å². The van der Waals surface area contributed by atoms with Gasteiger partial charge in [0.15, 0.2) is 0 Å². The summed E-state index contributed by atoms with van der Waals surface area (Å²) in [5.41, 5.74) is 1.00. The molecule has 1 aromatic carbocycles. The summed E-state index contributed by atoms with van der Waals surface area (Å²) in [5.74, 6) is -0.210. The van der Waals surface area contributed by atoms with Gasteiger partial charge in [0.1, 0.15) is 18.4 Å². The van der Waals surface area contributed by atoms with Gasteiger partial charge in [0, 0.05) is 13.2 Å². The predicted octanol–water partition coefficient (Wildman–Crippen LogP) is 1.42. The number of rotatable bonds is 8. The highest BCUT2D eigenvalue weighted by Crippen LogP contribution is 2.20. The monoisotopic (exact) mass is 265 g/mol. The van der Waals surface area contributed by atoms with Crippen LogP contribution < -0.4 is 10.1 Å². The number of aliphatic carboxylic acids is 1. The molecule has 2 N–H and O–H groups in total. The quantitative estimate of drug-likeness (QED) is 0.744. The molecule has 0 radical (unpaired) electrons. The van der Waals surface area contributed by atoms with Crippen LogP contribution in [0.2, 0.25) is 0 Å². The van der Waals surface area contributed by atoms with Crippen LogP contribution in [0.1, 0.15) is 18.4 Å². The normalized spacial score (nSPS) is 16.1. The number of hydrogen-bond donors (Lipinski definition) is 2. The van der Waals surface area contributed by atoms with Gasteiger partial charge in [-0.25, -0.2) is 0 Å². The summed E-state index contributed by atoms with van der Waals surface area (Å²) < 4.78 is 10.6. The standard InChI is InChI=1S/C14H19NO4/c1-18-8-10-3-2-4-12(7-10)19-9-13(14(16)17)15-11-5-6-11/h2-4,7,11,13,15H,5-6,8-9H2,1H3,(H,16,17). The van der Waals surface area contributed by atoms with Crippen molar-refractivity contribution >= 4 is 5.97 Å². The molecule has 0 spiro atoms. The smallest absolute Gasteiger partial charge is 0.324 e. The Bertz CT molecular complexity index is 431. The van der Waals surface area contributed by atoms with Crippen LogP contribution in [0.25, 0.3) is 0 Å². The molecule has 2 rings (SSSR count). The second kappa shape index (κ2) is 6.54. The molecule has 0 heterocycles. The first-order valence-corrected chi connectivity index (χ1v) is 6.38. The topological polar surface area (TPSA) is 67.8 Å². The van der Waals surface area contributed by atoms with Crippen LogP contribution in [0.4, 0.5) is 0 Å². The van der Waals surface area contributed by atoms with Crippen LogP contribution in [-0.2, 0) is 16.1 Å². The van der Waals surface area contributed by atoms with Crippen molar-refractivity contribution in [2.75, 3.05) is 13.7 Å². The fraction of sp³-hybridized carbons (Fsp3) is 0.500. The molecule has 1 saturated carbocycles. The molecule has 1 aromatic rings. The molecule has 5 nitrogen and oxygen atoms in total. The van der Waals surface area contributed by atoms with E-state index in [0.717, 1.165) is 18.4 Å². The number of ether oxygens (including phenoxy) is 2. The van der Waals surface area contributed by atoms with E-state index >= 15 is 0 Å². The SMILES string of the molecule is COCc1cccc(OCC(NC2CC2)C(=O)O)c1. The molecular weight excluding hydrogens is 246 g/mol. The Morgan fingerprint density at radius 2 is 2.32 bits per heavy atom. The average molecular weight is 265 g/mol. The Kier molecular flexibility index (Phi) is 4.76. The number of nitrogens with one attached hydrogen (secondary N) is 1. The molecule has 19 heavy (non-hydrogen) atoms. The van der Waals surface area contributed by atoms with Crippen LogP contribution in [0.15, 0.2) is 24.3 Å². The molecular formula is C14H19NO4. The molecule has 0 saturated heterocycles. The molecule has 0 amide bonds. The Hall–Kier alpha value is -1.59. The van der Waals surface area contributed by atoms with Crippen molar-refractivity contribution in [1.82, 2.24) is 5.32 Å². The molecule has 5 heteroatoms. The second-order valence-corrected chi connectivity index (χ2v) is 4.72. The van der Waals surface area contributed by atoms with Crippen molar-refractivity contribution in [2.45, 2.75) is 31.5 Å². The highest BCUT2D eigenvalue weighted by Gasteiger charge is 2.28. The third-order valence-corrected chi connectivity index (χ3v) is 2.94. The number of carboxylic acids is 1. The van der Waals surface area contributed by atoms with Crippen molar-refractivity contribution in [3.05, 3.63) is 29.8 Å². The van der Waals surface area contributed by atoms with E-state index in [2.05, 4.69) is 5.32 Å². The maximum Gasteiger partial charge on any atom is 0.324 e. The van der Waals surface area contributed by atoms with E-state index in [9.17, 15) is 4.79 Å². The van der Waals surface area contributed by atoms with Crippen molar-refractivity contribution < 1.29 is 19.4 Å². The Labute approximate surface area is 112 Å². The van der Waals surface area contributed by atoms with Gasteiger partial charge < -0.3 is 14.6 Å². The fourth-order valence-corrected chi connectivity index (χ4v) is 1.80. The van der Waals surface area contributed by atoms with Gasteiger partial charge in [-0.15, -0.1) is 0 Å². The largest absolute Gasteiger partial charge is 0.491 e. The third-order valence-electron chi connectivity index (χ3n) is 2.94. The lowest BCUT2D eigenvalue weighted by Gasteiger charge is -2.15. The summed E-state index contributed by atoms with van der Waals surface area (Å²) in [7, 11) is 1.63. The number of hydrogen-bond acceptors (Lipinski definition) is 4. The van der Waals surface area contributed by atoms with Gasteiger partial charge >= 0.3 is 5.97 Å². The van der Waals surface area contributed by atoms with Crippen molar-refractivity contribution in [3.8, 4) is 5.75 Å². The molecule has 1 atom stereocenters.